The largest absolute Gasteiger partial charge is 0.461 e. The van der Waals surface area contributed by atoms with Crippen LogP contribution < -0.4 is 0 Å². The molecule has 0 heterocycles. The average molecular weight is 255 g/mol. The maximum atomic E-state index is 11.1. The Morgan fingerprint density at radius 2 is 1.78 bits per heavy atom. The van der Waals surface area contributed by atoms with Gasteiger partial charge in [-0.05, 0) is 13.5 Å². The molecule has 0 atom stereocenters. The zero-order chi connectivity index (χ0) is 14.0. The summed E-state index contributed by atoms with van der Waals surface area (Å²) < 4.78 is 9.85. The van der Waals surface area contributed by atoms with Crippen LogP contribution in [0.15, 0.2) is 24.8 Å². The molecule has 0 saturated heterocycles. The lowest BCUT2D eigenvalue weighted by atomic mass is 10.4. The number of esters is 2. The first-order chi connectivity index (χ1) is 8.51. The third kappa shape index (κ3) is 7.62. The van der Waals surface area contributed by atoms with Gasteiger partial charge in [-0.2, -0.15) is 0 Å². The summed E-state index contributed by atoms with van der Waals surface area (Å²) in [4.78, 5) is 24.0. The van der Waals surface area contributed by atoms with Crippen LogP contribution >= 0.6 is 0 Å². The number of hydrogen-bond acceptors (Lipinski definition) is 5. The van der Waals surface area contributed by atoms with E-state index in [0.29, 0.717) is 31.9 Å². The highest BCUT2D eigenvalue weighted by atomic mass is 16.5. The molecule has 0 aromatic heterocycles. The van der Waals surface area contributed by atoms with Crippen LogP contribution in [0.5, 0.6) is 0 Å². The number of carbonyl (C=O) groups excluding carboxylic acids is 2. The molecule has 0 fully saturated rings. The summed E-state index contributed by atoms with van der Waals surface area (Å²) in [7, 11) is 0. The second-order valence-electron chi connectivity index (χ2n) is 3.72. The summed E-state index contributed by atoms with van der Waals surface area (Å²) in [6.07, 6.45) is 1.13. The van der Waals surface area contributed by atoms with Gasteiger partial charge in [0.25, 0.3) is 0 Å². The number of hydrogen-bond donors (Lipinski definition) is 0. The molecular formula is C13H21NO4. The van der Waals surface area contributed by atoms with E-state index in [1.807, 2.05) is 11.8 Å². The first-order valence-corrected chi connectivity index (χ1v) is 5.85. The van der Waals surface area contributed by atoms with Crippen LogP contribution in [0.25, 0.3) is 0 Å². The van der Waals surface area contributed by atoms with Crippen LogP contribution in [0.4, 0.5) is 0 Å². The molecule has 0 N–H and O–H groups in total. The highest BCUT2D eigenvalue weighted by Crippen LogP contribution is 1.94. The Balaban J connectivity index is 3.77. The minimum atomic E-state index is -0.431. The second-order valence-corrected chi connectivity index (χ2v) is 3.72. The molecule has 0 radical (unpaired) electrons. The van der Waals surface area contributed by atoms with Gasteiger partial charge in [0.1, 0.15) is 13.2 Å². The first kappa shape index (κ1) is 16.4. The molecule has 0 saturated carbocycles. The normalized spacial score (nSPS) is 9.94. The number of nitrogens with zero attached hydrogens (tertiary/aromatic N) is 1. The van der Waals surface area contributed by atoms with E-state index in [2.05, 4.69) is 13.2 Å². The molecule has 18 heavy (non-hydrogen) atoms. The van der Waals surface area contributed by atoms with Crippen LogP contribution in [-0.2, 0) is 19.1 Å². The van der Waals surface area contributed by atoms with E-state index < -0.39 is 5.97 Å². The van der Waals surface area contributed by atoms with Crippen LogP contribution in [0, 0.1) is 0 Å². The molecule has 0 unspecified atom stereocenters. The van der Waals surface area contributed by atoms with Crippen molar-refractivity contribution in [3.8, 4) is 0 Å². The van der Waals surface area contributed by atoms with Gasteiger partial charge in [0.15, 0.2) is 0 Å². The van der Waals surface area contributed by atoms with Crippen molar-refractivity contribution in [3.05, 3.63) is 24.8 Å². The summed E-state index contributed by atoms with van der Waals surface area (Å²) in [5, 5.41) is 0. The molecule has 0 rings (SSSR count). The summed E-state index contributed by atoms with van der Waals surface area (Å²) in [5.41, 5.74) is 0.387. The minimum absolute atomic E-state index is 0.299. The summed E-state index contributed by atoms with van der Waals surface area (Å²) in [6, 6.07) is 0. The number of likely N-dealkylation sites (N-methyl/N-ethyl adjacent to an activating group) is 1. The van der Waals surface area contributed by atoms with Gasteiger partial charge in [0.05, 0.1) is 0 Å². The summed E-state index contributed by atoms with van der Waals surface area (Å²) >= 11 is 0. The zero-order valence-corrected chi connectivity index (χ0v) is 11.1. The Bertz CT molecular complexity index is 312. The second kappa shape index (κ2) is 9.41. The molecule has 0 aliphatic heterocycles. The zero-order valence-electron chi connectivity index (χ0n) is 11.1. The molecule has 0 bridgehead atoms. The third-order valence-corrected chi connectivity index (χ3v) is 2.25. The first-order valence-electron chi connectivity index (χ1n) is 5.85. The molecule has 0 aromatic rings. The lowest BCUT2D eigenvalue weighted by Crippen LogP contribution is -2.31. The quantitative estimate of drug-likeness (QED) is 0.457. The van der Waals surface area contributed by atoms with Gasteiger partial charge in [0.2, 0.25) is 0 Å². The van der Waals surface area contributed by atoms with E-state index in [1.54, 1.807) is 6.92 Å². The Labute approximate surface area is 108 Å². The number of carbonyl (C=O) groups is 2. The van der Waals surface area contributed by atoms with Crippen molar-refractivity contribution in [2.75, 3.05) is 32.8 Å². The minimum Gasteiger partial charge on any atom is -0.461 e. The van der Waals surface area contributed by atoms with E-state index in [-0.39, 0.29) is 5.97 Å². The molecule has 5 heteroatoms. The topological polar surface area (TPSA) is 55.8 Å². The Morgan fingerprint density at radius 1 is 1.22 bits per heavy atom. The van der Waals surface area contributed by atoms with Crippen molar-refractivity contribution in [3.63, 3.8) is 0 Å². The van der Waals surface area contributed by atoms with E-state index in [4.69, 9.17) is 9.47 Å². The highest BCUT2D eigenvalue weighted by Gasteiger charge is 2.06. The number of ether oxygens (including phenoxy) is 2. The molecule has 102 valence electrons. The Kier molecular flexibility index (Phi) is 8.57. The Hall–Kier alpha value is -1.62. The lowest BCUT2D eigenvalue weighted by Gasteiger charge is -2.19. The van der Waals surface area contributed by atoms with Crippen molar-refractivity contribution in [2.45, 2.75) is 13.8 Å². The monoisotopic (exact) mass is 255 g/mol. The Morgan fingerprint density at radius 3 is 2.22 bits per heavy atom. The molecule has 0 aromatic carbocycles. The predicted octanol–water partition coefficient (Wildman–Crippen LogP) is 1.16. The fraction of sp³-hybridized carbons (Fsp3) is 0.538. The lowest BCUT2D eigenvalue weighted by molar-refractivity contribution is -0.139. The fourth-order valence-electron chi connectivity index (χ4n) is 1.15. The van der Waals surface area contributed by atoms with Crippen molar-refractivity contribution < 1.29 is 19.1 Å². The molecule has 0 aliphatic rings. The smallest absolute Gasteiger partial charge is 0.333 e. The maximum Gasteiger partial charge on any atom is 0.333 e. The van der Waals surface area contributed by atoms with Crippen molar-refractivity contribution in [2.24, 2.45) is 0 Å². The molecule has 0 spiro atoms. The molecule has 5 nitrogen and oxygen atoms in total. The molecule has 0 amide bonds. The van der Waals surface area contributed by atoms with Crippen molar-refractivity contribution in [1.29, 1.82) is 0 Å². The third-order valence-electron chi connectivity index (χ3n) is 2.25. The van der Waals surface area contributed by atoms with Gasteiger partial charge < -0.3 is 9.47 Å². The maximum absolute atomic E-state index is 11.1. The van der Waals surface area contributed by atoms with E-state index in [9.17, 15) is 9.59 Å². The van der Waals surface area contributed by atoms with Crippen LogP contribution in [-0.4, -0.2) is 49.7 Å². The van der Waals surface area contributed by atoms with Gasteiger partial charge >= 0.3 is 11.9 Å². The van der Waals surface area contributed by atoms with Gasteiger partial charge in [0, 0.05) is 24.7 Å². The van der Waals surface area contributed by atoms with Crippen LogP contribution in [0.2, 0.25) is 0 Å². The average Bonchev–Trinajstić information content (AvgIpc) is 2.36. The molecule has 0 aliphatic carbocycles. The van der Waals surface area contributed by atoms with Crippen LogP contribution in [0.1, 0.15) is 13.8 Å². The molecular weight excluding hydrogens is 234 g/mol. The van der Waals surface area contributed by atoms with Crippen molar-refractivity contribution in [1.82, 2.24) is 4.90 Å². The van der Waals surface area contributed by atoms with Gasteiger partial charge in [-0.15, -0.1) is 0 Å². The van der Waals surface area contributed by atoms with E-state index >= 15 is 0 Å². The summed E-state index contributed by atoms with van der Waals surface area (Å²) in [5.74, 6) is -0.816. The van der Waals surface area contributed by atoms with Crippen molar-refractivity contribution >= 4 is 11.9 Å². The highest BCUT2D eigenvalue weighted by molar-refractivity contribution is 5.86. The predicted molar refractivity (Wildman–Crippen MR) is 69.0 cm³/mol. The van der Waals surface area contributed by atoms with Gasteiger partial charge in [-0.3, -0.25) is 4.90 Å². The standard InChI is InChI=1S/C13H21NO4/c1-5-12(15)17-9-7-14(6-2)8-10-18-13(16)11(3)4/h5H,1,3,6-10H2,2,4H3. The van der Waals surface area contributed by atoms with E-state index in [1.165, 1.54) is 0 Å². The van der Waals surface area contributed by atoms with E-state index in [0.717, 1.165) is 12.6 Å². The fourth-order valence-corrected chi connectivity index (χ4v) is 1.15. The SMILES string of the molecule is C=CC(=O)OCCN(CC)CCOC(=O)C(=C)C. The van der Waals surface area contributed by atoms with Gasteiger partial charge in [-0.25, -0.2) is 9.59 Å². The number of rotatable bonds is 9. The summed E-state index contributed by atoms with van der Waals surface area (Å²) in [6.45, 7) is 13.0. The van der Waals surface area contributed by atoms with Crippen LogP contribution in [0.3, 0.4) is 0 Å². The van der Waals surface area contributed by atoms with Gasteiger partial charge in [-0.1, -0.05) is 20.1 Å².